The summed E-state index contributed by atoms with van der Waals surface area (Å²) < 4.78 is 0. The summed E-state index contributed by atoms with van der Waals surface area (Å²) in [5.74, 6) is 1.98. The second-order valence-corrected chi connectivity index (χ2v) is 12.9. The number of likely N-dealkylation sites (N-methyl/N-ethyl adjacent to an activating group) is 1. The van der Waals surface area contributed by atoms with Crippen molar-refractivity contribution >= 4 is 0 Å². The van der Waals surface area contributed by atoms with Crippen LogP contribution in [0.5, 0.6) is 0 Å². The van der Waals surface area contributed by atoms with E-state index in [2.05, 4.69) is 193 Å². The largest absolute Gasteiger partial charge is 0.365 e. The highest BCUT2D eigenvalue weighted by Crippen LogP contribution is 2.41. The van der Waals surface area contributed by atoms with E-state index < -0.39 is 0 Å². The van der Waals surface area contributed by atoms with Crippen molar-refractivity contribution in [3.63, 3.8) is 0 Å². The standard InChI is InChI=1S/C48H64N2/c1-11-18-20-21-36-50(37-22-26-41(16-6)46(25-15-5)43(23-13-3)24-14-4)40(9)28-29-42(17-7)47-34-27-39(8)38-48(47)44-30-32-45(33-31-44)49(10)35-19-12-2/h11-22,24-30,32-35,39,44,47-48H,2-3,9,23,31,36-38H2,1,4-8,10H3/b18-11-,21-20-,24-14-,25-15-,26-22-,29-28-,35-19+,41-16+,42-17+,46-43+. The van der Waals surface area contributed by atoms with Gasteiger partial charge in [-0.1, -0.05) is 136 Å². The molecule has 0 aliphatic heterocycles. The van der Waals surface area contributed by atoms with Crippen molar-refractivity contribution in [1.29, 1.82) is 0 Å². The molecule has 2 aliphatic carbocycles. The third-order valence-corrected chi connectivity index (χ3v) is 9.28. The van der Waals surface area contributed by atoms with Crippen molar-refractivity contribution in [3.8, 4) is 0 Å². The molecule has 0 bridgehead atoms. The zero-order chi connectivity index (χ0) is 36.7. The SMILES string of the molecule is C=C/C=C/N(C)C1=CCC(C2CC(C)C=CC2C(/C=C\C(=C)N(C/C=C\C=C/C)C\C=C/C(=C\C)C(/C=C\C)=C(/C=C\C)CC=C)=C/C)C=C1. The number of hydrogen-bond donors (Lipinski definition) is 0. The second kappa shape index (κ2) is 23.7. The van der Waals surface area contributed by atoms with E-state index >= 15 is 0 Å². The molecular formula is C48H64N2. The molecule has 4 atom stereocenters. The minimum Gasteiger partial charge on any atom is -0.365 e. The van der Waals surface area contributed by atoms with E-state index in [0.29, 0.717) is 23.7 Å². The molecule has 0 saturated carbocycles. The Balaban J connectivity index is 2.32. The molecule has 2 heteroatoms. The minimum atomic E-state index is 0.363. The van der Waals surface area contributed by atoms with Crippen LogP contribution in [0.15, 0.2) is 193 Å². The van der Waals surface area contributed by atoms with Gasteiger partial charge in [-0.2, -0.15) is 0 Å². The third kappa shape index (κ3) is 13.4. The quantitative estimate of drug-likeness (QED) is 0.0998. The molecule has 0 saturated heterocycles. The van der Waals surface area contributed by atoms with Crippen LogP contribution in [-0.2, 0) is 0 Å². The predicted molar refractivity (Wildman–Crippen MR) is 224 cm³/mol. The number of allylic oxidation sites excluding steroid dienone is 24. The second-order valence-electron chi connectivity index (χ2n) is 12.9. The molecule has 0 aromatic heterocycles. The van der Waals surface area contributed by atoms with Crippen LogP contribution in [0.2, 0.25) is 0 Å². The van der Waals surface area contributed by atoms with E-state index in [1.54, 1.807) is 0 Å². The smallest absolute Gasteiger partial charge is 0.0366 e. The van der Waals surface area contributed by atoms with Gasteiger partial charge in [0.05, 0.1) is 0 Å². The van der Waals surface area contributed by atoms with Crippen molar-refractivity contribution in [3.05, 3.63) is 193 Å². The van der Waals surface area contributed by atoms with Crippen LogP contribution in [-0.4, -0.2) is 29.9 Å². The van der Waals surface area contributed by atoms with Crippen LogP contribution in [0.1, 0.15) is 60.8 Å². The maximum atomic E-state index is 4.55. The molecule has 0 radical (unpaired) electrons. The predicted octanol–water partition coefficient (Wildman–Crippen LogP) is 12.9. The molecule has 2 nitrogen and oxygen atoms in total. The molecule has 0 heterocycles. The zero-order valence-electron chi connectivity index (χ0n) is 32.1. The summed E-state index contributed by atoms with van der Waals surface area (Å²) in [7, 11) is 2.10. The minimum absolute atomic E-state index is 0.363. The normalized spacial score (nSPS) is 22.6. The highest BCUT2D eigenvalue weighted by molar-refractivity contribution is 5.52. The lowest BCUT2D eigenvalue weighted by molar-refractivity contribution is 0.273. The number of nitrogens with zero attached hydrogens (tertiary/aromatic N) is 2. The van der Waals surface area contributed by atoms with E-state index in [-0.39, 0.29) is 0 Å². The van der Waals surface area contributed by atoms with E-state index in [1.807, 2.05) is 25.2 Å². The van der Waals surface area contributed by atoms with Gasteiger partial charge in [-0.25, -0.2) is 0 Å². The molecule has 0 spiro atoms. The van der Waals surface area contributed by atoms with Crippen LogP contribution < -0.4 is 0 Å². The first-order valence-corrected chi connectivity index (χ1v) is 18.4. The highest BCUT2D eigenvalue weighted by atomic mass is 15.1. The van der Waals surface area contributed by atoms with Crippen LogP contribution in [0, 0.1) is 23.7 Å². The maximum absolute atomic E-state index is 4.55. The molecule has 0 fully saturated rings. The Morgan fingerprint density at radius 3 is 2.22 bits per heavy atom. The van der Waals surface area contributed by atoms with E-state index in [4.69, 9.17) is 0 Å². The van der Waals surface area contributed by atoms with Crippen LogP contribution in [0.25, 0.3) is 0 Å². The fourth-order valence-electron chi connectivity index (χ4n) is 6.60. The van der Waals surface area contributed by atoms with Crippen LogP contribution in [0.4, 0.5) is 0 Å². The average Bonchev–Trinajstić information content (AvgIpc) is 3.13. The zero-order valence-corrected chi connectivity index (χ0v) is 32.1. The summed E-state index contributed by atoms with van der Waals surface area (Å²) in [4.78, 5) is 4.49. The molecule has 0 N–H and O–H groups in total. The van der Waals surface area contributed by atoms with Crippen LogP contribution in [0.3, 0.4) is 0 Å². The first kappa shape index (κ1) is 41.6. The van der Waals surface area contributed by atoms with Crippen molar-refractivity contribution in [1.82, 2.24) is 9.80 Å². The van der Waals surface area contributed by atoms with Gasteiger partial charge in [-0.05, 0) is 112 Å². The Labute approximate surface area is 306 Å². The third-order valence-electron chi connectivity index (χ3n) is 9.28. The highest BCUT2D eigenvalue weighted by Gasteiger charge is 2.32. The molecule has 2 aliphatic rings. The molecule has 0 amide bonds. The lowest BCUT2D eigenvalue weighted by Crippen LogP contribution is -2.28. The van der Waals surface area contributed by atoms with Gasteiger partial charge in [0.25, 0.3) is 0 Å². The topological polar surface area (TPSA) is 6.48 Å². The van der Waals surface area contributed by atoms with Gasteiger partial charge in [0.2, 0.25) is 0 Å². The van der Waals surface area contributed by atoms with Gasteiger partial charge in [0.1, 0.15) is 0 Å². The molecule has 0 aromatic carbocycles. The summed E-state index contributed by atoms with van der Waals surface area (Å²) in [5, 5.41) is 0. The van der Waals surface area contributed by atoms with Crippen molar-refractivity contribution < 1.29 is 0 Å². The summed E-state index contributed by atoms with van der Waals surface area (Å²) in [6.45, 7) is 26.7. The van der Waals surface area contributed by atoms with E-state index in [9.17, 15) is 0 Å². The monoisotopic (exact) mass is 669 g/mol. The van der Waals surface area contributed by atoms with Gasteiger partial charge < -0.3 is 9.80 Å². The van der Waals surface area contributed by atoms with Gasteiger partial charge in [0.15, 0.2) is 0 Å². The number of hydrogen-bond acceptors (Lipinski definition) is 2. The molecule has 50 heavy (non-hydrogen) atoms. The lowest BCUT2D eigenvalue weighted by atomic mass is 9.68. The summed E-state index contributed by atoms with van der Waals surface area (Å²) >= 11 is 0. The first-order chi connectivity index (χ1) is 24.3. The number of rotatable bonds is 19. The lowest BCUT2D eigenvalue weighted by Gasteiger charge is -2.37. The van der Waals surface area contributed by atoms with E-state index in [1.165, 1.54) is 34.4 Å². The molecule has 2 rings (SSSR count). The molecule has 0 aromatic rings. The fraction of sp³-hybridized carbons (Fsp3) is 0.333. The molecule has 266 valence electrons. The van der Waals surface area contributed by atoms with Gasteiger partial charge in [0, 0.05) is 43.6 Å². The fourth-order valence-corrected chi connectivity index (χ4v) is 6.60. The summed E-state index contributed by atoms with van der Waals surface area (Å²) in [6, 6.07) is 0. The Kier molecular flexibility index (Phi) is 19.8. The Bertz CT molecular complexity index is 1520. The van der Waals surface area contributed by atoms with Gasteiger partial charge in [-0.3, -0.25) is 0 Å². The Morgan fingerprint density at radius 2 is 1.60 bits per heavy atom. The van der Waals surface area contributed by atoms with Crippen molar-refractivity contribution in [2.75, 3.05) is 20.1 Å². The Hall–Kier alpha value is -4.56. The van der Waals surface area contributed by atoms with Crippen molar-refractivity contribution in [2.45, 2.75) is 60.8 Å². The summed E-state index contributed by atoms with van der Waals surface area (Å²) in [6.07, 6.45) is 53.4. The van der Waals surface area contributed by atoms with Crippen molar-refractivity contribution in [2.24, 2.45) is 23.7 Å². The van der Waals surface area contributed by atoms with Gasteiger partial charge in [-0.15, -0.1) is 6.58 Å². The first-order valence-electron chi connectivity index (χ1n) is 18.4. The molecule has 4 unspecified atom stereocenters. The Morgan fingerprint density at radius 1 is 0.840 bits per heavy atom. The van der Waals surface area contributed by atoms with Gasteiger partial charge >= 0.3 is 0 Å². The van der Waals surface area contributed by atoms with Crippen LogP contribution >= 0.6 is 0 Å². The summed E-state index contributed by atoms with van der Waals surface area (Å²) in [5.41, 5.74) is 7.26. The average molecular weight is 669 g/mol. The maximum Gasteiger partial charge on any atom is 0.0366 e. The van der Waals surface area contributed by atoms with E-state index in [0.717, 1.165) is 31.6 Å². The molecular weight excluding hydrogens is 605 g/mol.